The van der Waals surface area contributed by atoms with Crippen LogP contribution in [0.15, 0.2) is 18.3 Å². The van der Waals surface area contributed by atoms with E-state index in [1.54, 1.807) is 0 Å². The number of pyridine rings is 1. The highest BCUT2D eigenvalue weighted by atomic mass is 32.2. The van der Waals surface area contributed by atoms with Crippen LogP contribution in [0.1, 0.15) is 31.2 Å². The lowest BCUT2D eigenvalue weighted by Crippen LogP contribution is -1.97. The molecule has 0 unspecified atom stereocenters. The molecule has 0 amide bonds. The minimum absolute atomic E-state index is 0.971. The number of aromatic nitrogens is 1. The van der Waals surface area contributed by atoms with Gasteiger partial charge in [-0.25, -0.2) is 4.98 Å². The molecule has 0 saturated heterocycles. The van der Waals surface area contributed by atoms with E-state index in [0.29, 0.717) is 0 Å². The monoisotopic (exact) mass is 236 g/mol. The maximum Gasteiger partial charge on any atom is 0.125 e. The zero-order chi connectivity index (χ0) is 11.2. The first-order chi connectivity index (χ1) is 7.88. The highest BCUT2D eigenvalue weighted by Gasteiger charge is 2.14. The van der Waals surface area contributed by atoms with E-state index in [0.717, 1.165) is 17.5 Å². The molecule has 0 aromatic carbocycles. The van der Waals surface area contributed by atoms with Crippen LogP contribution in [0.5, 0.6) is 0 Å². The highest BCUT2D eigenvalue weighted by molar-refractivity contribution is 7.98. The van der Waals surface area contributed by atoms with Crippen LogP contribution in [-0.2, 0) is 5.75 Å². The van der Waals surface area contributed by atoms with Gasteiger partial charge in [0, 0.05) is 19.0 Å². The van der Waals surface area contributed by atoms with E-state index in [4.69, 9.17) is 0 Å². The SMILES string of the molecule is CNc1cc(CSCC2CCCC2)ccn1. The number of hydrogen-bond acceptors (Lipinski definition) is 3. The molecule has 1 aliphatic carbocycles. The Morgan fingerprint density at radius 1 is 1.44 bits per heavy atom. The largest absolute Gasteiger partial charge is 0.373 e. The molecule has 1 N–H and O–H groups in total. The van der Waals surface area contributed by atoms with Gasteiger partial charge in [-0.3, -0.25) is 0 Å². The third kappa shape index (κ3) is 3.41. The normalized spacial score (nSPS) is 16.6. The Kier molecular flexibility index (Phi) is 4.52. The topological polar surface area (TPSA) is 24.9 Å². The van der Waals surface area contributed by atoms with Gasteiger partial charge in [-0.1, -0.05) is 12.8 Å². The van der Waals surface area contributed by atoms with Gasteiger partial charge in [-0.15, -0.1) is 0 Å². The molecule has 2 nitrogen and oxygen atoms in total. The van der Waals surface area contributed by atoms with Crippen LogP contribution in [-0.4, -0.2) is 17.8 Å². The van der Waals surface area contributed by atoms with Gasteiger partial charge in [0.1, 0.15) is 5.82 Å². The number of nitrogens with zero attached hydrogens (tertiary/aromatic N) is 1. The fourth-order valence-corrected chi connectivity index (χ4v) is 3.42. The van der Waals surface area contributed by atoms with Gasteiger partial charge in [0.15, 0.2) is 0 Å². The van der Waals surface area contributed by atoms with Crippen molar-refractivity contribution in [3.05, 3.63) is 23.9 Å². The fraction of sp³-hybridized carbons (Fsp3) is 0.615. The van der Waals surface area contributed by atoms with Crippen molar-refractivity contribution in [2.45, 2.75) is 31.4 Å². The van der Waals surface area contributed by atoms with Crippen LogP contribution in [0.25, 0.3) is 0 Å². The highest BCUT2D eigenvalue weighted by Crippen LogP contribution is 2.29. The molecule has 1 fully saturated rings. The summed E-state index contributed by atoms with van der Waals surface area (Å²) in [6.45, 7) is 0. The smallest absolute Gasteiger partial charge is 0.125 e. The van der Waals surface area contributed by atoms with Crippen molar-refractivity contribution in [3.8, 4) is 0 Å². The van der Waals surface area contributed by atoms with Crippen LogP contribution >= 0.6 is 11.8 Å². The predicted molar refractivity (Wildman–Crippen MR) is 71.9 cm³/mol. The van der Waals surface area contributed by atoms with Gasteiger partial charge in [0.25, 0.3) is 0 Å². The zero-order valence-electron chi connectivity index (χ0n) is 9.91. The maximum absolute atomic E-state index is 4.22. The Bertz CT molecular complexity index is 321. The Morgan fingerprint density at radius 2 is 2.25 bits per heavy atom. The van der Waals surface area contributed by atoms with Crippen molar-refractivity contribution in [2.75, 3.05) is 18.1 Å². The lowest BCUT2D eigenvalue weighted by molar-refractivity contribution is 0.623. The Hall–Kier alpha value is -0.700. The summed E-state index contributed by atoms with van der Waals surface area (Å²) in [4.78, 5) is 4.22. The molecule has 3 heteroatoms. The average Bonchev–Trinajstić information content (AvgIpc) is 2.82. The lowest BCUT2D eigenvalue weighted by atomic mass is 10.1. The third-order valence-electron chi connectivity index (χ3n) is 3.18. The molecule has 0 spiro atoms. The van der Waals surface area contributed by atoms with Gasteiger partial charge < -0.3 is 5.32 Å². The van der Waals surface area contributed by atoms with Crippen molar-refractivity contribution < 1.29 is 0 Å². The van der Waals surface area contributed by atoms with Crippen molar-refractivity contribution in [2.24, 2.45) is 5.92 Å². The molecule has 88 valence electrons. The van der Waals surface area contributed by atoms with Crippen LogP contribution < -0.4 is 5.32 Å². The molecule has 1 aromatic rings. The summed E-state index contributed by atoms with van der Waals surface area (Å²) < 4.78 is 0. The molecule has 0 aliphatic heterocycles. The van der Waals surface area contributed by atoms with E-state index < -0.39 is 0 Å². The molecule has 1 saturated carbocycles. The minimum Gasteiger partial charge on any atom is -0.373 e. The van der Waals surface area contributed by atoms with Crippen LogP contribution in [0.4, 0.5) is 5.82 Å². The summed E-state index contributed by atoms with van der Waals surface area (Å²) in [6.07, 6.45) is 7.68. The Morgan fingerprint density at radius 3 is 3.00 bits per heavy atom. The molecular weight excluding hydrogens is 216 g/mol. The van der Waals surface area contributed by atoms with Crippen molar-refractivity contribution in [3.63, 3.8) is 0 Å². The second-order valence-electron chi connectivity index (χ2n) is 4.46. The van der Waals surface area contributed by atoms with E-state index in [-0.39, 0.29) is 0 Å². The maximum atomic E-state index is 4.22. The molecule has 1 aromatic heterocycles. The average molecular weight is 236 g/mol. The first-order valence-electron chi connectivity index (χ1n) is 6.09. The summed E-state index contributed by atoms with van der Waals surface area (Å²) in [5.74, 6) is 4.40. The van der Waals surface area contributed by atoms with Gasteiger partial charge in [-0.05, 0) is 42.2 Å². The standard InChI is InChI=1S/C13H20N2S/c1-14-13-8-12(6-7-15-13)10-16-9-11-4-2-3-5-11/h6-8,11H,2-5,9-10H2,1H3,(H,14,15). The van der Waals surface area contributed by atoms with E-state index >= 15 is 0 Å². The summed E-state index contributed by atoms with van der Waals surface area (Å²) in [5, 5.41) is 3.08. The number of rotatable bonds is 5. The molecule has 0 bridgehead atoms. The number of nitrogens with one attached hydrogen (secondary N) is 1. The minimum atomic E-state index is 0.971. The molecular formula is C13H20N2S. The fourth-order valence-electron chi connectivity index (χ4n) is 2.22. The Labute approximate surface area is 102 Å². The Balaban J connectivity index is 1.75. The van der Waals surface area contributed by atoms with E-state index in [9.17, 15) is 0 Å². The van der Waals surface area contributed by atoms with Gasteiger partial charge in [0.05, 0.1) is 0 Å². The molecule has 2 rings (SSSR count). The first-order valence-corrected chi connectivity index (χ1v) is 7.24. The van der Waals surface area contributed by atoms with Crippen LogP contribution in [0, 0.1) is 5.92 Å². The molecule has 16 heavy (non-hydrogen) atoms. The molecule has 0 radical (unpaired) electrons. The number of hydrogen-bond donors (Lipinski definition) is 1. The second-order valence-corrected chi connectivity index (χ2v) is 5.50. The van der Waals surface area contributed by atoms with Crippen LogP contribution in [0.3, 0.4) is 0 Å². The van der Waals surface area contributed by atoms with Gasteiger partial charge in [0.2, 0.25) is 0 Å². The van der Waals surface area contributed by atoms with Gasteiger partial charge >= 0.3 is 0 Å². The number of anilines is 1. The van der Waals surface area contributed by atoms with Crippen molar-refractivity contribution >= 4 is 17.6 Å². The van der Waals surface area contributed by atoms with Crippen LogP contribution in [0.2, 0.25) is 0 Å². The first kappa shape index (κ1) is 11.8. The molecule has 1 heterocycles. The molecule has 0 atom stereocenters. The van der Waals surface area contributed by atoms with Gasteiger partial charge in [-0.2, -0.15) is 11.8 Å². The van der Waals surface area contributed by atoms with E-state index in [1.807, 2.05) is 13.2 Å². The quantitative estimate of drug-likeness (QED) is 0.846. The molecule has 1 aliphatic rings. The third-order valence-corrected chi connectivity index (χ3v) is 4.42. The summed E-state index contributed by atoms with van der Waals surface area (Å²) in [5.41, 5.74) is 1.38. The predicted octanol–water partition coefficient (Wildman–Crippen LogP) is 3.55. The van der Waals surface area contributed by atoms with Crippen molar-refractivity contribution in [1.82, 2.24) is 4.98 Å². The second kappa shape index (κ2) is 6.14. The van der Waals surface area contributed by atoms with E-state index in [2.05, 4.69) is 34.2 Å². The number of thioether (sulfide) groups is 1. The zero-order valence-corrected chi connectivity index (χ0v) is 10.7. The van der Waals surface area contributed by atoms with Crippen molar-refractivity contribution in [1.29, 1.82) is 0 Å². The summed E-state index contributed by atoms with van der Waals surface area (Å²) >= 11 is 2.07. The van der Waals surface area contributed by atoms with E-state index in [1.165, 1.54) is 37.0 Å². The summed E-state index contributed by atoms with van der Waals surface area (Å²) in [7, 11) is 1.91. The summed E-state index contributed by atoms with van der Waals surface area (Å²) in [6, 6.07) is 4.25. The lowest BCUT2D eigenvalue weighted by Gasteiger charge is -2.08.